The van der Waals surface area contributed by atoms with E-state index >= 15 is 0 Å². The Morgan fingerprint density at radius 1 is 1.67 bits per heavy atom. The van der Waals surface area contributed by atoms with Crippen LogP contribution in [0.1, 0.15) is 20.3 Å². The van der Waals surface area contributed by atoms with Crippen molar-refractivity contribution in [3.63, 3.8) is 0 Å². The minimum absolute atomic E-state index is 0.0746. The Morgan fingerprint density at radius 2 is 2.33 bits per heavy atom. The molecule has 9 heavy (non-hydrogen) atoms. The van der Waals surface area contributed by atoms with Gasteiger partial charge in [0.1, 0.15) is 5.84 Å². The van der Waals surface area contributed by atoms with Crippen molar-refractivity contribution in [2.24, 2.45) is 4.99 Å². The summed E-state index contributed by atoms with van der Waals surface area (Å²) in [5, 5.41) is 0. The zero-order chi connectivity index (χ0) is 6.91. The fraction of sp³-hybridized carbons (Fsp3) is 0.833. The summed E-state index contributed by atoms with van der Waals surface area (Å²) in [6, 6.07) is 0. The fourth-order valence-electron chi connectivity index (χ4n) is 0.797. The lowest BCUT2D eigenvalue weighted by Gasteiger charge is -2.11. The van der Waals surface area contributed by atoms with E-state index < -0.39 is 0 Å². The standard InChI is InChI=1S/C6H12N2O/c1-6(2)4-5(7-3)8-9-6/h4H2,1-3H3,(H,7,8). The van der Waals surface area contributed by atoms with Crippen LogP contribution in [-0.2, 0) is 4.84 Å². The Kier molecular flexibility index (Phi) is 1.45. The molecule has 0 aromatic carbocycles. The van der Waals surface area contributed by atoms with Crippen LogP contribution in [0.15, 0.2) is 4.99 Å². The topological polar surface area (TPSA) is 33.6 Å². The first-order valence-corrected chi connectivity index (χ1v) is 3.04. The van der Waals surface area contributed by atoms with Gasteiger partial charge in [-0.15, -0.1) is 0 Å². The summed E-state index contributed by atoms with van der Waals surface area (Å²) in [6.07, 6.45) is 0.878. The van der Waals surface area contributed by atoms with Crippen LogP contribution < -0.4 is 5.48 Å². The minimum atomic E-state index is -0.0746. The van der Waals surface area contributed by atoms with Crippen molar-refractivity contribution in [3.8, 4) is 0 Å². The molecule has 3 nitrogen and oxygen atoms in total. The third-order valence-electron chi connectivity index (χ3n) is 1.31. The maximum absolute atomic E-state index is 5.16. The smallest absolute Gasteiger partial charge is 0.123 e. The van der Waals surface area contributed by atoms with Crippen LogP contribution in [0.4, 0.5) is 0 Å². The lowest BCUT2D eigenvalue weighted by molar-refractivity contribution is -0.0201. The van der Waals surface area contributed by atoms with E-state index in [4.69, 9.17) is 4.84 Å². The van der Waals surface area contributed by atoms with Crippen molar-refractivity contribution >= 4 is 5.84 Å². The molecule has 1 heterocycles. The third kappa shape index (κ3) is 1.42. The van der Waals surface area contributed by atoms with Crippen LogP contribution >= 0.6 is 0 Å². The van der Waals surface area contributed by atoms with Crippen molar-refractivity contribution in [3.05, 3.63) is 0 Å². The highest BCUT2D eigenvalue weighted by Crippen LogP contribution is 2.18. The summed E-state index contributed by atoms with van der Waals surface area (Å²) >= 11 is 0. The van der Waals surface area contributed by atoms with Gasteiger partial charge in [0.05, 0.1) is 5.60 Å². The Balaban J connectivity index is 2.57. The van der Waals surface area contributed by atoms with Crippen LogP contribution in [-0.4, -0.2) is 18.5 Å². The molecule has 1 rings (SSSR count). The zero-order valence-corrected chi connectivity index (χ0v) is 6.06. The molecule has 0 bridgehead atoms. The summed E-state index contributed by atoms with van der Waals surface area (Å²) in [7, 11) is 1.76. The van der Waals surface area contributed by atoms with E-state index in [9.17, 15) is 0 Å². The molecule has 1 fully saturated rings. The number of amidine groups is 1. The number of hydroxylamine groups is 1. The molecule has 1 saturated heterocycles. The monoisotopic (exact) mass is 128 g/mol. The highest BCUT2D eigenvalue weighted by atomic mass is 16.7. The summed E-state index contributed by atoms with van der Waals surface area (Å²) in [4.78, 5) is 9.13. The first-order valence-electron chi connectivity index (χ1n) is 3.04. The molecule has 0 aromatic rings. The van der Waals surface area contributed by atoms with Gasteiger partial charge in [-0.2, -0.15) is 0 Å². The molecular formula is C6H12N2O. The van der Waals surface area contributed by atoms with Gasteiger partial charge in [-0.1, -0.05) is 0 Å². The Hall–Kier alpha value is -0.570. The van der Waals surface area contributed by atoms with Gasteiger partial charge in [0, 0.05) is 13.5 Å². The Labute approximate surface area is 55.1 Å². The molecule has 0 atom stereocenters. The molecule has 0 unspecified atom stereocenters. The first-order chi connectivity index (χ1) is 4.14. The SMILES string of the molecule is CN=C1CC(C)(C)ON1. The highest BCUT2D eigenvalue weighted by molar-refractivity contribution is 5.83. The second kappa shape index (κ2) is 1.99. The largest absolute Gasteiger partial charge is 0.274 e. The molecule has 1 aliphatic heterocycles. The minimum Gasteiger partial charge on any atom is -0.274 e. The van der Waals surface area contributed by atoms with Gasteiger partial charge in [-0.05, 0) is 13.8 Å². The molecule has 0 radical (unpaired) electrons. The lowest BCUT2D eigenvalue weighted by Crippen LogP contribution is -2.19. The van der Waals surface area contributed by atoms with Crippen LogP contribution in [0, 0.1) is 0 Å². The molecule has 0 saturated carbocycles. The molecular weight excluding hydrogens is 116 g/mol. The first kappa shape index (κ1) is 6.55. The number of nitrogens with zero attached hydrogens (tertiary/aromatic N) is 1. The van der Waals surface area contributed by atoms with E-state index in [2.05, 4.69) is 10.5 Å². The van der Waals surface area contributed by atoms with Crippen molar-refractivity contribution < 1.29 is 4.84 Å². The summed E-state index contributed by atoms with van der Waals surface area (Å²) in [5.74, 6) is 0.931. The maximum Gasteiger partial charge on any atom is 0.123 e. The van der Waals surface area contributed by atoms with Gasteiger partial charge in [0.15, 0.2) is 0 Å². The van der Waals surface area contributed by atoms with E-state index in [0.717, 1.165) is 12.3 Å². The number of aliphatic imine (C=N–C) groups is 1. The fourth-order valence-corrected chi connectivity index (χ4v) is 0.797. The van der Waals surface area contributed by atoms with Gasteiger partial charge in [-0.25, -0.2) is 0 Å². The molecule has 0 aliphatic carbocycles. The van der Waals surface area contributed by atoms with Crippen LogP contribution in [0.2, 0.25) is 0 Å². The van der Waals surface area contributed by atoms with E-state index in [1.165, 1.54) is 0 Å². The molecule has 0 spiro atoms. The van der Waals surface area contributed by atoms with E-state index in [1.54, 1.807) is 7.05 Å². The predicted octanol–water partition coefficient (Wildman–Crippen LogP) is 0.718. The van der Waals surface area contributed by atoms with E-state index in [0.29, 0.717) is 0 Å². The average molecular weight is 128 g/mol. The van der Waals surface area contributed by atoms with Gasteiger partial charge in [0.25, 0.3) is 0 Å². The lowest BCUT2D eigenvalue weighted by atomic mass is 10.1. The van der Waals surface area contributed by atoms with Crippen molar-refractivity contribution in [1.29, 1.82) is 0 Å². The van der Waals surface area contributed by atoms with Gasteiger partial charge in [0.2, 0.25) is 0 Å². The van der Waals surface area contributed by atoms with Crippen molar-refractivity contribution in [2.45, 2.75) is 25.9 Å². The number of nitrogens with one attached hydrogen (secondary N) is 1. The summed E-state index contributed by atoms with van der Waals surface area (Å²) < 4.78 is 0. The van der Waals surface area contributed by atoms with Gasteiger partial charge < -0.3 is 0 Å². The zero-order valence-electron chi connectivity index (χ0n) is 6.06. The van der Waals surface area contributed by atoms with Crippen LogP contribution in [0.25, 0.3) is 0 Å². The third-order valence-corrected chi connectivity index (χ3v) is 1.31. The summed E-state index contributed by atoms with van der Waals surface area (Å²) in [6.45, 7) is 4.05. The van der Waals surface area contributed by atoms with E-state index in [1.807, 2.05) is 13.8 Å². The second-order valence-electron chi connectivity index (χ2n) is 2.81. The van der Waals surface area contributed by atoms with E-state index in [-0.39, 0.29) is 5.60 Å². The second-order valence-corrected chi connectivity index (χ2v) is 2.81. The maximum atomic E-state index is 5.16. The van der Waals surface area contributed by atoms with Crippen molar-refractivity contribution in [1.82, 2.24) is 5.48 Å². The van der Waals surface area contributed by atoms with Crippen LogP contribution in [0.5, 0.6) is 0 Å². The number of hydrogen-bond acceptors (Lipinski definition) is 2. The summed E-state index contributed by atoms with van der Waals surface area (Å²) in [5.41, 5.74) is 2.67. The highest BCUT2D eigenvalue weighted by Gasteiger charge is 2.28. The molecule has 0 amide bonds. The molecule has 1 aliphatic rings. The molecule has 0 aromatic heterocycles. The van der Waals surface area contributed by atoms with Crippen molar-refractivity contribution in [2.75, 3.05) is 7.05 Å². The number of hydrogen-bond donors (Lipinski definition) is 1. The quantitative estimate of drug-likeness (QED) is 0.521. The normalized spacial score (nSPS) is 28.6. The van der Waals surface area contributed by atoms with Gasteiger partial charge >= 0.3 is 0 Å². The van der Waals surface area contributed by atoms with Gasteiger partial charge in [-0.3, -0.25) is 15.3 Å². The Morgan fingerprint density at radius 3 is 2.56 bits per heavy atom. The number of rotatable bonds is 0. The molecule has 3 heteroatoms. The molecule has 52 valence electrons. The predicted molar refractivity (Wildman–Crippen MR) is 36.3 cm³/mol. The average Bonchev–Trinajstić information content (AvgIpc) is 2.10. The Bertz CT molecular complexity index is 140. The molecule has 1 N–H and O–H groups in total. The van der Waals surface area contributed by atoms with Crippen LogP contribution in [0.3, 0.4) is 0 Å².